The van der Waals surface area contributed by atoms with Gasteiger partial charge in [-0.3, -0.25) is 4.79 Å². The molecule has 4 nitrogen and oxygen atoms in total. The first-order valence-electron chi connectivity index (χ1n) is 6.99. The van der Waals surface area contributed by atoms with Gasteiger partial charge < -0.3 is 10.6 Å². The van der Waals surface area contributed by atoms with Gasteiger partial charge in [0.15, 0.2) is 5.13 Å². The van der Waals surface area contributed by atoms with Crippen LogP contribution in [0, 0.1) is 5.92 Å². The van der Waals surface area contributed by atoms with Gasteiger partial charge in [0.25, 0.3) is 0 Å². The molecule has 2 rings (SSSR count). The van der Waals surface area contributed by atoms with Crippen LogP contribution in [-0.2, 0) is 11.0 Å². The van der Waals surface area contributed by atoms with Crippen molar-refractivity contribution in [1.82, 2.24) is 10.3 Å². The van der Waals surface area contributed by atoms with E-state index in [1.807, 2.05) is 0 Å². The highest BCUT2D eigenvalue weighted by Gasteiger charge is 2.33. The molecule has 0 aliphatic heterocycles. The van der Waals surface area contributed by atoms with E-state index in [-0.39, 0.29) is 11.0 Å². The molecular formula is C13H18F3N3OS. The Morgan fingerprint density at radius 3 is 2.67 bits per heavy atom. The zero-order chi connectivity index (χ0) is 15.3. The van der Waals surface area contributed by atoms with Crippen LogP contribution < -0.4 is 10.6 Å². The van der Waals surface area contributed by atoms with Gasteiger partial charge >= 0.3 is 6.18 Å². The largest absolute Gasteiger partial charge is 0.427 e. The smallest absolute Gasteiger partial charge is 0.360 e. The van der Waals surface area contributed by atoms with E-state index in [4.69, 9.17) is 0 Å². The van der Waals surface area contributed by atoms with Gasteiger partial charge in [0.05, 0.1) is 6.20 Å². The number of hydrogen-bond donors (Lipinski definition) is 2. The van der Waals surface area contributed by atoms with Crippen molar-refractivity contribution < 1.29 is 18.0 Å². The summed E-state index contributed by atoms with van der Waals surface area (Å²) >= 11 is 0.565. The molecule has 1 heterocycles. The van der Waals surface area contributed by atoms with Crippen molar-refractivity contribution in [2.75, 3.05) is 18.4 Å². The van der Waals surface area contributed by atoms with Crippen LogP contribution in [0.5, 0.6) is 0 Å². The van der Waals surface area contributed by atoms with Crippen LogP contribution in [0.25, 0.3) is 0 Å². The maximum atomic E-state index is 12.4. The number of nitrogens with zero attached hydrogens (tertiary/aromatic N) is 1. The van der Waals surface area contributed by atoms with Crippen LogP contribution in [0.4, 0.5) is 18.3 Å². The molecule has 8 heteroatoms. The molecule has 0 saturated heterocycles. The fourth-order valence-corrected chi connectivity index (χ4v) is 3.12. The van der Waals surface area contributed by atoms with Crippen LogP contribution >= 0.6 is 11.3 Å². The monoisotopic (exact) mass is 321 g/mol. The van der Waals surface area contributed by atoms with Gasteiger partial charge in [0.2, 0.25) is 5.91 Å². The fraction of sp³-hybridized carbons (Fsp3) is 0.692. The van der Waals surface area contributed by atoms with Crippen molar-refractivity contribution in [2.24, 2.45) is 5.92 Å². The van der Waals surface area contributed by atoms with Gasteiger partial charge in [-0.2, -0.15) is 13.2 Å². The SMILES string of the molecule is O=C(CC1CCCC1)NCCNc1ncc(C(F)(F)F)s1. The molecule has 0 aromatic carbocycles. The molecule has 1 aromatic heterocycles. The fourth-order valence-electron chi connectivity index (χ4n) is 2.41. The first-order valence-corrected chi connectivity index (χ1v) is 7.80. The summed E-state index contributed by atoms with van der Waals surface area (Å²) in [5.74, 6) is 0.505. The van der Waals surface area contributed by atoms with Crippen LogP contribution in [0.3, 0.4) is 0 Å². The van der Waals surface area contributed by atoms with E-state index in [0.29, 0.717) is 36.8 Å². The average molecular weight is 321 g/mol. The number of alkyl halides is 3. The highest BCUT2D eigenvalue weighted by atomic mass is 32.1. The third-order valence-corrected chi connectivity index (χ3v) is 4.46. The second-order valence-corrected chi connectivity index (χ2v) is 6.19. The zero-order valence-corrected chi connectivity index (χ0v) is 12.3. The van der Waals surface area contributed by atoms with E-state index in [2.05, 4.69) is 15.6 Å². The Bertz CT molecular complexity index is 469. The Labute approximate surface area is 125 Å². The Kier molecular flexibility index (Phi) is 5.44. The second kappa shape index (κ2) is 7.11. The summed E-state index contributed by atoms with van der Waals surface area (Å²) in [6.45, 7) is 0.744. The van der Waals surface area contributed by atoms with Gasteiger partial charge in [0.1, 0.15) is 4.88 Å². The molecule has 2 N–H and O–H groups in total. The Balaban J connectivity index is 1.63. The quantitative estimate of drug-likeness (QED) is 0.791. The Morgan fingerprint density at radius 1 is 1.33 bits per heavy atom. The van der Waals surface area contributed by atoms with Crippen molar-refractivity contribution in [1.29, 1.82) is 0 Å². The van der Waals surface area contributed by atoms with E-state index in [0.717, 1.165) is 19.0 Å². The van der Waals surface area contributed by atoms with E-state index in [1.54, 1.807) is 0 Å². The number of carbonyl (C=O) groups is 1. The van der Waals surface area contributed by atoms with Crippen molar-refractivity contribution in [3.05, 3.63) is 11.1 Å². The van der Waals surface area contributed by atoms with Crippen LogP contribution in [-0.4, -0.2) is 24.0 Å². The molecule has 1 aliphatic rings. The minimum atomic E-state index is -4.35. The zero-order valence-electron chi connectivity index (χ0n) is 11.5. The van der Waals surface area contributed by atoms with Gasteiger partial charge in [-0.05, 0) is 18.8 Å². The molecule has 1 fully saturated rings. The number of rotatable bonds is 6. The summed E-state index contributed by atoms with van der Waals surface area (Å²) in [6, 6.07) is 0. The highest BCUT2D eigenvalue weighted by Crippen LogP contribution is 2.34. The Morgan fingerprint density at radius 2 is 2.05 bits per heavy atom. The van der Waals surface area contributed by atoms with Crippen molar-refractivity contribution >= 4 is 22.4 Å². The molecular weight excluding hydrogens is 303 g/mol. The number of amides is 1. The van der Waals surface area contributed by atoms with Gasteiger partial charge in [0, 0.05) is 19.5 Å². The summed E-state index contributed by atoms with van der Waals surface area (Å²) in [6.07, 6.45) is 1.64. The van der Waals surface area contributed by atoms with Crippen molar-refractivity contribution in [2.45, 2.75) is 38.3 Å². The van der Waals surface area contributed by atoms with Crippen LogP contribution in [0.1, 0.15) is 37.0 Å². The van der Waals surface area contributed by atoms with E-state index >= 15 is 0 Å². The Hall–Kier alpha value is -1.31. The molecule has 1 saturated carbocycles. The predicted octanol–water partition coefficient (Wildman–Crippen LogP) is 3.27. The summed E-state index contributed by atoms with van der Waals surface area (Å²) in [4.78, 5) is 14.6. The number of halogens is 3. The van der Waals surface area contributed by atoms with E-state index in [1.165, 1.54) is 12.8 Å². The molecule has 1 amide bonds. The summed E-state index contributed by atoms with van der Waals surface area (Å²) in [7, 11) is 0. The van der Waals surface area contributed by atoms with Crippen molar-refractivity contribution in [3.63, 3.8) is 0 Å². The molecule has 1 aliphatic carbocycles. The molecule has 0 bridgehead atoms. The third kappa shape index (κ3) is 5.18. The van der Waals surface area contributed by atoms with Gasteiger partial charge in [-0.25, -0.2) is 4.98 Å². The van der Waals surface area contributed by atoms with Crippen LogP contribution in [0.15, 0.2) is 6.20 Å². The molecule has 1 aromatic rings. The summed E-state index contributed by atoms with van der Waals surface area (Å²) in [5, 5.41) is 5.76. The minimum Gasteiger partial charge on any atom is -0.360 e. The number of anilines is 1. The lowest BCUT2D eigenvalue weighted by molar-refractivity contribution is -0.134. The number of carbonyl (C=O) groups excluding carboxylic acids is 1. The van der Waals surface area contributed by atoms with Gasteiger partial charge in [-0.15, -0.1) is 0 Å². The average Bonchev–Trinajstić information content (AvgIpc) is 3.04. The number of aromatic nitrogens is 1. The molecule has 0 atom stereocenters. The lowest BCUT2D eigenvalue weighted by Gasteiger charge is -2.09. The first kappa shape index (κ1) is 16.1. The standard InChI is InChI=1S/C13H18F3N3OS/c14-13(15,16)10-8-19-12(21-10)18-6-5-17-11(20)7-9-3-1-2-4-9/h8-9H,1-7H2,(H,17,20)(H,18,19). The van der Waals surface area contributed by atoms with Gasteiger partial charge in [-0.1, -0.05) is 24.2 Å². The molecule has 0 radical (unpaired) electrons. The minimum absolute atomic E-state index is 0.0128. The molecule has 0 unspecified atom stereocenters. The van der Waals surface area contributed by atoms with E-state index in [9.17, 15) is 18.0 Å². The van der Waals surface area contributed by atoms with Crippen molar-refractivity contribution in [3.8, 4) is 0 Å². The summed E-state index contributed by atoms with van der Waals surface area (Å²) in [5.41, 5.74) is 0. The third-order valence-electron chi connectivity index (χ3n) is 3.46. The lowest BCUT2D eigenvalue weighted by Crippen LogP contribution is -2.29. The van der Waals surface area contributed by atoms with Crippen LogP contribution in [0.2, 0.25) is 0 Å². The molecule has 21 heavy (non-hydrogen) atoms. The topological polar surface area (TPSA) is 54.0 Å². The summed E-state index contributed by atoms with van der Waals surface area (Å²) < 4.78 is 37.1. The molecule has 118 valence electrons. The predicted molar refractivity (Wildman–Crippen MR) is 75.2 cm³/mol. The number of nitrogens with one attached hydrogen (secondary N) is 2. The maximum Gasteiger partial charge on any atom is 0.427 e. The first-order chi connectivity index (χ1) is 9.95. The second-order valence-electron chi connectivity index (χ2n) is 5.16. The molecule has 0 spiro atoms. The highest BCUT2D eigenvalue weighted by molar-refractivity contribution is 7.15. The van der Waals surface area contributed by atoms with E-state index < -0.39 is 11.1 Å². The normalized spacial score (nSPS) is 16.1. The lowest BCUT2D eigenvalue weighted by atomic mass is 10.0. The number of hydrogen-bond acceptors (Lipinski definition) is 4. The number of thiazole rings is 1. The maximum absolute atomic E-state index is 12.4.